The molecule has 24 heavy (non-hydrogen) atoms. The Kier molecular flexibility index (Phi) is 6.12. The molecule has 3 rings (SSSR count). The summed E-state index contributed by atoms with van der Waals surface area (Å²) in [5, 5.41) is 0. The number of piperazine rings is 1. The van der Waals surface area contributed by atoms with Gasteiger partial charge in [0.1, 0.15) is 0 Å². The molecule has 1 aromatic heterocycles. The molecule has 1 saturated heterocycles. The molecule has 0 aliphatic carbocycles. The van der Waals surface area contributed by atoms with Crippen molar-refractivity contribution in [2.75, 3.05) is 38.5 Å². The Balaban J connectivity index is 1.45. The molecule has 1 aromatic carbocycles. The lowest BCUT2D eigenvalue weighted by Crippen LogP contribution is -2.48. The van der Waals surface area contributed by atoms with Gasteiger partial charge in [0.25, 0.3) is 0 Å². The minimum Gasteiger partial charge on any atom is -0.300 e. The fourth-order valence-electron chi connectivity index (χ4n) is 3.11. The molecule has 0 amide bonds. The quantitative estimate of drug-likeness (QED) is 0.808. The molecule has 0 saturated carbocycles. The number of nitrogens with zero attached hydrogens (tertiary/aromatic N) is 3. The minimum atomic E-state index is -0.896. The van der Waals surface area contributed by atoms with Gasteiger partial charge in [-0.05, 0) is 30.7 Å². The van der Waals surface area contributed by atoms with Gasteiger partial charge >= 0.3 is 0 Å². The van der Waals surface area contributed by atoms with Gasteiger partial charge in [0.2, 0.25) is 0 Å². The van der Waals surface area contributed by atoms with Crippen molar-refractivity contribution in [1.29, 1.82) is 0 Å². The van der Waals surface area contributed by atoms with Crippen molar-refractivity contribution in [2.45, 2.75) is 17.9 Å². The predicted molar refractivity (Wildman–Crippen MR) is 98.4 cm³/mol. The second-order valence-electron chi connectivity index (χ2n) is 6.20. The number of aromatic nitrogens is 1. The molecular weight excluding hydrogens is 318 g/mol. The molecule has 4 nitrogen and oxygen atoms in total. The van der Waals surface area contributed by atoms with Crippen LogP contribution in [0, 0.1) is 0 Å². The van der Waals surface area contributed by atoms with E-state index in [0.29, 0.717) is 11.8 Å². The maximum absolute atomic E-state index is 12.3. The lowest BCUT2D eigenvalue weighted by molar-refractivity contribution is 0.106. The highest BCUT2D eigenvalue weighted by atomic mass is 32.2. The highest BCUT2D eigenvalue weighted by Gasteiger charge is 2.22. The summed E-state index contributed by atoms with van der Waals surface area (Å²) in [5.41, 5.74) is 1.27. The second-order valence-corrected chi connectivity index (χ2v) is 7.77. The van der Waals surface area contributed by atoms with E-state index in [2.05, 4.69) is 27.8 Å². The van der Waals surface area contributed by atoms with E-state index in [9.17, 15) is 4.21 Å². The summed E-state index contributed by atoms with van der Waals surface area (Å²) in [4.78, 5) is 10.1. The molecule has 128 valence electrons. The highest BCUT2D eigenvalue weighted by Crippen LogP contribution is 2.20. The van der Waals surface area contributed by atoms with Crippen LogP contribution in [-0.2, 0) is 10.8 Å². The van der Waals surface area contributed by atoms with Crippen LogP contribution in [0.15, 0.2) is 59.8 Å². The van der Waals surface area contributed by atoms with E-state index < -0.39 is 10.8 Å². The molecule has 1 aliphatic rings. The Morgan fingerprint density at radius 1 is 1.08 bits per heavy atom. The van der Waals surface area contributed by atoms with Crippen molar-refractivity contribution < 1.29 is 4.21 Å². The molecular formula is C19H25N3OS. The summed E-state index contributed by atoms with van der Waals surface area (Å²) < 4.78 is 12.3. The Morgan fingerprint density at radius 2 is 1.83 bits per heavy atom. The topological polar surface area (TPSA) is 36.4 Å². The van der Waals surface area contributed by atoms with Crippen LogP contribution in [0.3, 0.4) is 0 Å². The van der Waals surface area contributed by atoms with E-state index in [1.165, 1.54) is 5.56 Å². The molecule has 0 radical (unpaired) electrons. The van der Waals surface area contributed by atoms with Crippen molar-refractivity contribution in [2.24, 2.45) is 0 Å². The van der Waals surface area contributed by atoms with Crippen LogP contribution < -0.4 is 0 Å². The van der Waals surface area contributed by atoms with E-state index >= 15 is 0 Å². The number of pyridine rings is 1. The average Bonchev–Trinajstić information content (AvgIpc) is 2.67. The van der Waals surface area contributed by atoms with E-state index in [4.69, 9.17) is 0 Å². The van der Waals surface area contributed by atoms with Crippen LogP contribution in [0.5, 0.6) is 0 Å². The summed E-state index contributed by atoms with van der Waals surface area (Å²) >= 11 is 0. The standard InChI is InChI=1S/C19H25N3OS/c1-17(18-6-5-9-20-16-18)22-12-10-21(11-13-22)14-15-24(23)19-7-3-2-4-8-19/h2-9,16-17H,10-15H2,1H3/t17-,24-/m1/s1. The van der Waals surface area contributed by atoms with Crippen LogP contribution in [0.1, 0.15) is 18.5 Å². The molecule has 1 aliphatic heterocycles. The number of hydrogen-bond acceptors (Lipinski definition) is 4. The van der Waals surface area contributed by atoms with Gasteiger partial charge in [0, 0.05) is 61.8 Å². The normalized spacial score (nSPS) is 19.0. The van der Waals surface area contributed by atoms with E-state index in [-0.39, 0.29) is 0 Å². The summed E-state index contributed by atoms with van der Waals surface area (Å²) in [6.07, 6.45) is 3.78. The third kappa shape index (κ3) is 4.50. The maximum atomic E-state index is 12.3. The van der Waals surface area contributed by atoms with Gasteiger partial charge in [-0.3, -0.25) is 19.0 Å². The van der Waals surface area contributed by atoms with Gasteiger partial charge < -0.3 is 0 Å². The van der Waals surface area contributed by atoms with Gasteiger partial charge in [0.15, 0.2) is 0 Å². The van der Waals surface area contributed by atoms with Crippen molar-refractivity contribution in [3.05, 3.63) is 60.4 Å². The van der Waals surface area contributed by atoms with Crippen LogP contribution in [-0.4, -0.2) is 57.5 Å². The zero-order chi connectivity index (χ0) is 16.8. The fourth-order valence-corrected chi connectivity index (χ4v) is 4.23. The minimum absolute atomic E-state index is 0.402. The number of hydrogen-bond donors (Lipinski definition) is 0. The zero-order valence-electron chi connectivity index (χ0n) is 14.2. The summed E-state index contributed by atoms with van der Waals surface area (Å²) in [6.45, 7) is 7.32. The van der Waals surface area contributed by atoms with E-state index in [1.54, 1.807) is 0 Å². The first kappa shape index (κ1) is 17.3. The van der Waals surface area contributed by atoms with Crippen molar-refractivity contribution in [3.8, 4) is 0 Å². The first-order valence-corrected chi connectivity index (χ1v) is 9.85. The smallest absolute Gasteiger partial charge is 0.0542 e. The van der Waals surface area contributed by atoms with Crippen LogP contribution in [0.25, 0.3) is 0 Å². The lowest BCUT2D eigenvalue weighted by Gasteiger charge is -2.38. The van der Waals surface area contributed by atoms with Crippen molar-refractivity contribution in [1.82, 2.24) is 14.8 Å². The second kappa shape index (κ2) is 8.51. The molecule has 2 heterocycles. The summed E-state index contributed by atoms with van der Waals surface area (Å²) in [6, 6.07) is 14.3. The Morgan fingerprint density at radius 3 is 2.50 bits per heavy atom. The molecule has 0 spiro atoms. The Hall–Kier alpha value is -1.56. The van der Waals surface area contributed by atoms with Crippen molar-refractivity contribution in [3.63, 3.8) is 0 Å². The lowest BCUT2D eigenvalue weighted by atomic mass is 10.1. The molecule has 5 heteroatoms. The first-order chi connectivity index (χ1) is 11.7. The van der Waals surface area contributed by atoms with E-state index in [1.807, 2.05) is 48.8 Å². The highest BCUT2D eigenvalue weighted by molar-refractivity contribution is 7.85. The fraction of sp³-hybridized carbons (Fsp3) is 0.421. The van der Waals surface area contributed by atoms with Crippen molar-refractivity contribution >= 4 is 10.8 Å². The molecule has 2 atom stereocenters. The Labute approximate surface area is 147 Å². The van der Waals surface area contributed by atoms with Gasteiger partial charge in [-0.1, -0.05) is 24.3 Å². The van der Waals surface area contributed by atoms with Crippen LogP contribution in [0.4, 0.5) is 0 Å². The maximum Gasteiger partial charge on any atom is 0.0542 e. The molecule has 1 fully saturated rings. The summed E-state index contributed by atoms with van der Waals surface area (Å²) in [5.74, 6) is 0.710. The van der Waals surface area contributed by atoms with Gasteiger partial charge in [-0.25, -0.2) is 0 Å². The predicted octanol–water partition coefficient (Wildman–Crippen LogP) is 2.57. The molecule has 0 bridgehead atoms. The molecule has 0 N–H and O–H groups in total. The number of rotatable bonds is 6. The van der Waals surface area contributed by atoms with E-state index in [0.717, 1.165) is 37.6 Å². The largest absolute Gasteiger partial charge is 0.300 e. The number of benzene rings is 1. The summed E-state index contributed by atoms with van der Waals surface area (Å²) in [7, 11) is -0.896. The van der Waals surface area contributed by atoms with Crippen LogP contribution >= 0.6 is 0 Å². The molecule has 2 aromatic rings. The zero-order valence-corrected chi connectivity index (χ0v) is 15.0. The Bertz CT molecular complexity index is 642. The van der Waals surface area contributed by atoms with Gasteiger partial charge in [-0.15, -0.1) is 0 Å². The third-order valence-corrected chi connectivity index (χ3v) is 6.07. The van der Waals surface area contributed by atoms with Crippen LogP contribution in [0.2, 0.25) is 0 Å². The average molecular weight is 343 g/mol. The van der Waals surface area contributed by atoms with Gasteiger partial charge in [0.05, 0.1) is 10.8 Å². The SMILES string of the molecule is C[C@H](c1cccnc1)N1CCN(CC[S@@](=O)c2ccccc2)CC1. The molecule has 0 unspecified atom stereocenters. The third-order valence-electron chi connectivity index (χ3n) is 4.72. The first-order valence-electron chi connectivity index (χ1n) is 8.54. The monoisotopic (exact) mass is 343 g/mol. The van der Waals surface area contributed by atoms with Gasteiger partial charge in [-0.2, -0.15) is 0 Å².